The number of aromatic nitrogens is 1. The highest BCUT2D eigenvalue weighted by atomic mass is 16.3. The van der Waals surface area contributed by atoms with Gasteiger partial charge < -0.3 is 4.42 Å². The smallest absolute Gasteiger partial charge is 0.192 e. The largest absolute Gasteiger partial charge is 0.441 e. The molecule has 1 aromatic carbocycles. The molecule has 2 nitrogen and oxygen atoms in total. The lowest BCUT2D eigenvalue weighted by Crippen LogP contribution is -1.78. The van der Waals surface area contributed by atoms with Gasteiger partial charge in [-0.2, -0.15) is 0 Å². The maximum absolute atomic E-state index is 5.47. The van der Waals surface area contributed by atoms with Gasteiger partial charge in [0.25, 0.3) is 0 Å². The van der Waals surface area contributed by atoms with E-state index in [2.05, 4.69) is 17.1 Å². The van der Waals surface area contributed by atoms with Gasteiger partial charge in [0.2, 0.25) is 0 Å². The Bertz CT molecular complexity index is 390. The Kier molecular flexibility index (Phi) is 1.43. The van der Waals surface area contributed by atoms with Crippen LogP contribution in [0.5, 0.6) is 0 Å². The number of oxazole rings is 1. The SMILES string of the molecule is Cc1nc2c(C)ccc(C)c2o1. The van der Waals surface area contributed by atoms with E-state index in [4.69, 9.17) is 4.42 Å². The van der Waals surface area contributed by atoms with Gasteiger partial charge in [-0.15, -0.1) is 0 Å². The Morgan fingerprint density at radius 1 is 1.08 bits per heavy atom. The molecular weight excluding hydrogens is 150 g/mol. The molecule has 0 aliphatic heterocycles. The highest BCUT2D eigenvalue weighted by Crippen LogP contribution is 2.21. The summed E-state index contributed by atoms with van der Waals surface area (Å²) in [5.74, 6) is 0.738. The molecule has 0 saturated heterocycles. The molecule has 2 heteroatoms. The number of benzene rings is 1. The second kappa shape index (κ2) is 2.34. The second-order valence-electron chi connectivity index (χ2n) is 3.11. The lowest BCUT2D eigenvalue weighted by molar-refractivity contribution is 0.559. The molecule has 0 aliphatic rings. The molecule has 1 aromatic heterocycles. The molecule has 62 valence electrons. The molecule has 0 N–H and O–H groups in total. The van der Waals surface area contributed by atoms with Crippen molar-refractivity contribution in [3.8, 4) is 0 Å². The van der Waals surface area contributed by atoms with Crippen LogP contribution in [0, 0.1) is 20.8 Å². The molecule has 0 amide bonds. The van der Waals surface area contributed by atoms with Crippen LogP contribution in [-0.4, -0.2) is 4.98 Å². The van der Waals surface area contributed by atoms with Crippen LogP contribution in [0.4, 0.5) is 0 Å². The molecule has 0 radical (unpaired) electrons. The first kappa shape index (κ1) is 7.35. The summed E-state index contributed by atoms with van der Waals surface area (Å²) in [6, 6.07) is 4.13. The van der Waals surface area contributed by atoms with Crippen molar-refractivity contribution in [2.45, 2.75) is 20.8 Å². The zero-order valence-electron chi connectivity index (χ0n) is 7.51. The van der Waals surface area contributed by atoms with Crippen molar-refractivity contribution in [1.82, 2.24) is 4.98 Å². The summed E-state index contributed by atoms with van der Waals surface area (Å²) in [7, 11) is 0. The summed E-state index contributed by atoms with van der Waals surface area (Å²) in [6.45, 7) is 5.95. The van der Waals surface area contributed by atoms with E-state index < -0.39 is 0 Å². The monoisotopic (exact) mass is 161 g/mol. The normalized spacial score (nSPS) is 10.9. The maximum atomic E-state index is 5.47. The Morgan fingerprint density at radius 2 is 1.75 bits per heavy atom. The zero-order chi connectivity index (χ0) is 8.72. The minimum Gasteiger partial charge on any atom is -0.441 e. The number of hydrogen-bond donors (Lipinski definition) is 0. The first-order valence-electron chi connectivity index (χ1n) is 4.02. The standard InChI is InChI=1S/C10H11NO/c1-6-4-5-7(2)10-9(6)11-8(3)12-10/h4-5H,1-3H3. The second-order valence-corrected chi connectivity index (χ2v) is 3.11. The van der Waals surface area contributed by atoms with E-state index in [9.17, 15) is 0 Å². The third kappa shape index (κ3) is 0.916. The fourth-order valence-electron chi connectivity index (χ4n) is 1.37. The van der Waals surface area contributed by atoms with Gasteiger partial charge >= 0.3 is 0 Å². The molecule has 2 aromatic rings. The first-order valence-corrected chi connectivity index (χ1v) is 4.02. The number of rotatable bonds is 0. The van der Waals surface area contributed by atoms with Crippen LogP contribution in [0.25, 0.3) is 11.1 Å². The van der Waals surface area contributed by atoms with E-state index in [1.165, 1.54) is 5.56 Å². The number of aryl methyl sites for hydroxylation is 3. The fourth-order valence-corrected chi connectivity index (χ4v) is 1.37. The number of fused-ring (bicyclic) bond motifs is 1. The Balaban J connectivity index is 2.93. The predicted molar refractivity (Wildman–Crippen MR) is 48.2 cm³/mol. The van der Waals surface area contributed by atoms with Crippen molar-refractivity contribution in [3.05, 3.63) is 29.2 Å². The number of hydrogen-bond acceptors (Lipinski definition) is 2. The predicted octanol–water partition coefficient (Wildman–Crippen LogP) is 2.75. The average Bonchev–Trinajstić information content (AvgIpc) is 2.41. The molecule has 0 fully saturated rings. The summed E-state index contributed by atoms with van der Waals surface area (Å²) in [6.07, 6.45) is 0. The van der Waals surface area contributed by atoms with Gasteiger partial charge in [-0.3, -0.25) is 0 Å². The van der Waals surface area contributed by atoms with Crippen molar-refractivity contribution in [1.29, 1.82) is 0 Å². The maximum Gasteiger partial charge on any atom is 0.192 e. The summed E-state index contributed by atoms with van der Waals surface area (Å²) in [4.78, 5) is 4.31. The quantitative estimate of drug-likeness (QED) is 0.593. The Labute approximate surface area is 71.2 Å². The minimum absolute atomic E-state index is 0.738. The summed E-state index contributed by atoms with van der Waals surface area (Å²) >= 11 is 0. The molecule has 0 bridgehead atoms. The van der Waals surface area contributed by atoms with E-state index in [1.807, 2.05) is 20.8 Å². The average molecular weight is 161 g/mol. The van der Waals surface area contributed by atoms with Crippen LogP contribution in [0.3, 0.4) is 0 Å². The van der Waals surface area contributed by atoms with Crippen molar-refractivity contribution in [2.24, 2.45) is 0 Å². The van der Waals surface area contributed by atoms with Crippen molar-refractivity contribution in [3.63, 3.8) is 0 Å². The fraction of sp³-hybridized carbons (Fsp3) is 0.300. The molecule has 0 spiro atoms. The Hall–Kier alpha value is -1.31. The molecule has 0 aliphatic carbocycles. The van der Waals surface area contributed by atoms with Gasteiger partial charge in [-0.1, -0.05) is 12.1 Å². The van der Waals surface area contributed by atoms with E-state index in [1.54, 1.807) is 0 Å². The van der Waals surface area contributed by atoms with Gasteiger partial charge in [0.1, 0.15) is 5.52 Å². The molecule has 0 unspecified atom stereocenters. The molecule has 12 heavy (non-hydrogen) atoms. The third-order valence-electron chi connectivity index (χ3n) is 2.05. The molecule has 2 rings (SSSR count). The van der Waals surface area contributed by atoms with E-state index in [-0.39, 0.29) is 0 Å². The first-order chi connectivity index (χ1) is 5.68. The van der Waals surface area contributed by atoms with E-state index in [0.717, 1.165) is 22.6 Å². The minimum atomic E-state index is 0.738. The van der Waals surface area contributed by atoms with Crippen LogP contribution in [0.15, 0.2) is 16.5 Å². The lowest BCUT2D eigenvalue weighted by Gasteiger charge is -1.94. The van der Waals surface area contributed by atoms with E-state index in [0.29, 0.717) is 0 Å². The zero-order valence-corrected chi connectivity index (χ0v) is 7.51. The molecule has 0 atom stereocenters. The van der Waals surface area contributed by atoms with Crippen LogP contribution in [0.1, 0.15) is 17.0 Å². The van der Waals surface area contributed by atoms with E-state index >= 15 is 0 Å². The number of nitrogens with zero attached hydrogens (tertiary/aromatic N) is 1. The van der Waals surface area contributed by atoms with Crippen molar-refractivity contribution in [2.75, 3.05) is 0 Å². The highest BCUT2D eigenvalue weighted by molar-refractivity contribution is 5.79. The lowest BCUT2D eigenvalue weighted by atomic mass is 10.1. The Morgan fingerprint density at radius 3 is 2.42 bits per heavy atom. The molecule has 1 heterocycles. The molecular formula is C10H11NO. The molecule has 0 saturated carbocycles. The summed E-state index contributed by atoms with van der Waals surface area (Å²) in [5.41, 5.74) is 4.24. The summed E-state index contributed by atoms with van der Waals surface area (Å²) in [5, 5.41) is 0. The van der Waals surface area contributed by atoms with Crippen molar-refractivity contribution < 1.29 is 4.42 Å². The third-order valence-corrected chi connectivity index (χ3v) is 2.05. The van der Waals surface area contributed by atoms with Crippen LogP contribution >= 0.6 is 0 Å². The highest BCUT2D eigenvalue weighted by Gasteiger charge is 2.06. The van der Waals surface area contributed by atoms with Gasteiger partial charge in [0.15, 0.2) is 11.5 Å². The van der Waals surface area contributed by atoms with Gasteiger partial charge in [0.05, 0.1) is 0 Å². The topological polar surface area (TPSA) is 26.0 Å². The summed E-state index contributed by atoms with van der Waals surface area (Å²) < 4.78 is 5.47. The van der Waals surface area contributed by atoms with Crippen LogP contribution < -0.4 is 0 Å². The van der Waals surface area contributed by atoms with Gasteiger partial charge in [-0.25, -0.2) is 4.98 Å². The van der Waals surface area contributed by atoms with Gasteiger partial charge in [0, 0.05) is 6.92 Å². The van der Waals surface area contributed by atoms with Gasteiger partial charge in [-0.05, 0) is 25.0 Å². The van der Waals surface area contributed by atoms with Crippen LogP contribution in [-0.2, 0) is 0 Å². The van der Waals surface area contributed by atoms with Crippen LogP contribution in [0.2, 0.25) is 0 Å². The van der Waals surface area contributed by atoms with Crippen molar-refractivity contribution >= 4 is 11.1 Å².